The van der Waals surface area contributed by atoms with Crippen LogP contribution in [0.1, 0.15) is 23.6 Å². The monoisotopic (exact) mass is 295 g/mol. The summed E-state index contributed by atoms with van der Waals surface area (Å²) in [6.07, 6.45) is 3.06. The van der Waals surface area contributed by atoms with Crippen molar-refractivity contribution in [2.24, 2.45) is 0 Å². The lowest BCUT2D eigenvalue weighted by atomic mass is 10.2. The van der Waals surface area contributed by atoms with Crippen LogP contribution in [0.4, 0.5) is 5.13 Å². The first-order valence-electron chi connectivity index (χ1n) is 6.61. The van der Waals surface area contributed by atoms with Crippen molar-refractivity contribution < 1.29 is 0 Å². The van der Waals surface area contributed by atoms with E-state index in [2.05, 4.69) is 53.6 Å². The van der Waals surface area contributed by atoms with E-state index in [-0.39, 0.29) is 0 Å². The van der Waals surface area contributed by atoms with Crippen LogP contribution in [0.25, 0.3) is 0 Å². The molecule has 0 aromatic carbocycles. The highest BCUT2D eigenvalue weighted by Gasteiger charge is 2.14. The Labute approximate surface area is 123 Å². The number of likely N-dealkylation sites (N-methyl/N-ethyl adjacent to an activating group) is 1. The molecule has 0 aliphatic heterocycles. The third-order valence-corrected chi connectivity index (χ3v) is 5.12. The van der Waals surface area contributed by atoms with Gasteiger partial charge in [0.15, 0.2) is 5.13 Å². The second kappa shape index (κ2) is 7.03. The molecule has 0 saturated carbocycles. The number of thiazole rings is 1. The molecule has 0 bridgehead atoms. The highest BCUT2D eigenvalue weighted by Crippen LogP contribution is 2.24. The maximum atomic E-state index is 4.53. The summed E-state index contributed by atoms with van der Waals surface area (Å²) >= 11 is 3.60. The van der Waals surface area contributed by atoms with E-state index in [1.807, 2.05) is 17.5 Å². The molecule has 104 valence electrons. The van der Waals surface area contributed by atoms with Gasteiger partial charge >= 0.3 is 0 Å². The largest absolute Gasteiger partial charge is 0.348 e. The summed E-state index contributed by atoms with van der Waals surface area (Å²) in [6, 6.07) is 4.79. The van der Waals surface area contributed by atoms with E-state index >= 15 is 0 Å². The fourth-order valence-corrected chi connectivity index (χ4v) is 3.61. The second-order valence-electron chi connectivity index (χ2n) is 4.63. The SMILES string of the molecule is CCNCc1cnc(N(C)C(C)Cc2cccs2)s1. The van der Waals surface area contributed by atoms with Crippen LogP contribution in [0, 0.1) is 0 Å². The van der Waals surface area contributed by atoms with Gasteiger partial charge in [-0.25, -0.2) is 4.98 Å². The van der Waals surface area contributed by atoms with Gasteiger partial charge in [0.25, 0.3) is 0 Å². The number of hydrogen-bond donors (Lipinski definition) is 1. The van der Waals surface area contributed by atoms with Gasteiger partial charge in [0.2, 0.25) is 0 Å². The van der Waals surface area contributed by atoms with E-state index < -0.39 is 0 Å². The molecule has 0 spiro atoms. The first-order valence-corrected chi connectivity index (χ1v) is 8.31. The van der Waals surface area contributed by atoms with Crippen LogP contribution in [0.3, 0.4) is 0 Å². The molecule has 0 aliphatic carbocycles. The van der Waals surface area contributed by atoms with E-state index in [9.17, 15) is 0 Å². The highest BCUT2D eigenvalue weighted by atomic mass is 32.1. The van der Waals surface area contributed by atoms with Crippen LogP contribution < -0.4 is 10.2 Å². The van der Waals surface area contributed by atoms with Gasteiger partial charge in [-0.2, -0.15) is 0 Å². The lowest BCUT2D eigenvalue weighted by Crippen LogP contribution is -2.30. The third kappa shape index (κ3) is 4.03. The number of aromatic nitrogens is 1. The lowest BCUT2D eigenvalue weighted by molar-refractivity contribution is 0.686. The van der Waals surface area contributed by atoms with Crippen molar-refractivity contribution in [3.8, 4) is 0 Å². The zero-order valence-corrected chi connectivity index (χ0v) is 13.4. The molecular weight excluding hydrogens is 274 g/mol. The van der Waals surface area contributed by atoms with Gasteiger partial charge < -0.3 is 10.2 Å². The zero-order chi connectivity index (χ0) is 13.7. The first kappa shape index (κ1) is 14.5. The quantitative estimate of drug-likeness (QED) is 0.849. The number of anilines is 1. The van der Waals surface area contributed by atoms with Crippen molar-refractivity contribution in [1.82, 2.24) is 10.3 Å². The Morgan fingerprint density at radius 2 is 2.26 bits per heavy atom. The third-order valence-electron chi connectivity index (χ3n) is 3.13. The molecule has 1 N–H and O–H groups in total. The molecule has 3 nitrogen and oxygen atoms in total. The van der Waals surface area contributed by atoms with E-state index in [0.29, 0.717) is 6.04 Å². The van der Waals surface area contributed by atoms with Crippen LogP contribution in [0.15, 0.2) is 23.7 Å². The Bertz CT molecular complexity index is 479. The molecule has 0 saturated heterocycles. The topological polar surface area (TPSA) is 28.2 Å². The highest BCUT2D eigenvalue weighted by molar-refractivity contribution is 7.15. The van der Waals surface area contributed by atoms with Gasteiger partial charge in [-0.15, -0.1) is 22.7 Å². The smallest absolute Gasteiger partial charge is 0.185 e. The van der Waals surface area contributed by atoms with Gasteiger partial charge in [-0.05, 0) is 24.9 Å². The molecule has 0 amide bonds. The Morgan fingerprint density at radius 1 is 1.42 bits per heavy atom. The minimum absolute atomic E-state index is 0.469. The van der Waals surface area contributed by atoms with Crippen LogP contribution in [-0.2, 0) is 13.0 Å². The van der Waals surface area contributed by atoms with Crippen molar-refractivity contribution in [1.29, 1.82) is 0 Å². The molecule has 2 rings (SSSR count). The molecule has 5 heteroatoms. The molecule has 1 atom stereocenters. The van der Waals surface area contributed by atoms with Gasteiger partial charge in [0, 0.05) is 42.0 Å². The van der Waals surface area contributed by atoms with E-state index in [4.69, 9.17) is 0 Å². The molecule has 1 unspecified atom stereocenters. The van der Waals surface area contributed by atoms with Crippen molar-refractivity contribution >= 4 is 27.8 Å². The van der Waals surface area contributed by atoms with Gasteiger partial charge in [0.1, 0.15) is 0 Å². The maximum Gasteiger partial charge on any atom is 0.185 e. The predicted octanol–water partition coefficient (Wildman–Crippen LogP) is 3.38. The zero-order valence-electron chi connectivity index (χ0n) is 11.7. The van der Waals surface area contributed by atoms with Gasteiger partial charge in [-0.3, -0.25) is 0 Å². The predicted molar refractivity (Wildman–Crippen MR) is 85.4 cm³/mol. The summed E-state index contributed by atoms with van der Waals surface area (Å²) in [7, 11) is 2.13. The molecule has 0 radical (unpaired) electrons. The van der Waals surface area contributed by atoms with Crippen LogP contribution >= 0.6 is 22.7 Å². The molecule has 0 fully saturated rings. The summed E-state index contributed by atoms with van der Waals surface area (Å²) in [6.45, 7) is 6.29. The van der Waals surface area contributed by atoms with Crippen molar-refractivity contribution in [3.63, 3.8) is 0 Å². The van der Waals surface area contributed by atoms with E-state index in [1.165, 1.54) is 9.75 Å². The second-order valence-corrected chi connectivity index (χ2v) is 6.76. The van der Waals surface area contributed by atoms with Crippen LogP contribution in [-0.4, -0.2) is 24.6 Å². The molecule has 19 heavy (non-hydrogen) atoms. The summed E-state index contributed by atoms with van der Waals surface area (Å²) in [4.78, 5) is 9.54. The fraction of sp³-hybridized carbons (Fsp3) is 0.500. The summed E-state index contributed by atoms with van der Waals surface area (Å²) in [5.74, 6) is 0. The summed E-state index contributed by atoms with van der Waals surface area (Å²) < 4.78 is 0. The average Bonchev–Trinajstić information content (AvgIpc) is 3.06. The lowest BCUT2D eigenvalue weighted by Gasteiger charge is -2.23. The number of rotatable bonds is 7. The number of hydrogen-bond acceptors (Lipinski definition) is 5. The van der Waals surface area contributed by atoms with Crippen molar-refractivity contribution in [2.45, 2.75) is 32.9 Å². The molecule has 2 aromatic rings. The average molecular weight is 295 g/mol. The maximum absolute atomic E-state index is 4.53. The molecule has 2 aromatic heterocycles. The molecular formula is C14H21N3S2. The van der Waals surface area contributed by atoms with Crippen LogP contribution in [0.5, 0.6) is 0 Å². The fourth-order valence-electron chi connectivity index (χ4n) is 1.84. The number of nitrogens with zero attached hydrogens (tertiary/aromatic N) is 2. The standard InChI is InChI=1S/C14H21N3S2/c1-4-15-9-13-10-16-14(19-13)17(3)11(2)8-12-6-5-7-18-12/h5-7,10-11,15H,4,8-9H2,1-3H3. The van der Waals surface area contributed by atoms with E-state index in [0.717, 1.165) is 24.6 Å². The minimum atomic E-state index is 0.469. The van der Waals surface area contributed by atoms with Crippen LogP contribution in [0.2, 0.25) is 0 Å². The normalized spacial score (nSPS) is 12.6. The Hall–Kier alpha value is -0.910. The van der Waals surface area contributed by atoms with Crippen molar-refractivity contribution in [3.05, 3.63) is 33.5 Å². The Balaban J connectivity index is 1.94. The summed E-state index contributed by atoms with van der Waals surface area (Å²) in [5, 5.41) is 6.58. The molecule has 2 heterocycles. The first-order chi connectivity index (χ1) is 9.20. The Kier molecular flexibility index (Phi) is 5.36. The van der Waals surface area contributed by atoms with Gasteiger partial charge in [0.05, 0.1) is 0 Å². The Morgan fingerprint density at radius 3 is 2.95 bits per heavy atom. The number of thiophene rings is 1. The van der Waals surface area contributed by atoms with E-state index in [1.54, 1.807) is 11.3 Å². The van der Waals surface area contributed by atoms with Crippen molar-refractivity contribution in [2.75, 3.05) is 18.5 Å². The summed E-state index contributed by atoms with van der Waals surface area (Å²) in [5.41, 5.74) is 0. The minimum Gasteiger partial charge on any atom is -0.348 e. The number of nitrogens with one attached hydrogen (secondary N) is 1. The molecule has 0 aliphatic rings. The van der Waals surface area contributed by atoms with Gasteiger partial charge in [-0.1, -0.05) is 13.0 Å².